The van der Waals surface area contributed by atoms with Gasteiger partial charge < -0.3 is 33.2 Å². The molecule has 0 atom stereocenters. The molecule has 0 saturated heterocycles. The molecular weight excluding hydrogens is 540 g/mol. The standard InChI is InChI=1S/C28H32N2O7S2/c29-17-21-13-25-26(14-22(21)18-30)37-10-12-39-20-24-16-28-27(15-23(24)19-38-11-9-36-25)34-7-5-32-3-1-31-2-4-33-6-8-35-28/h13-16H,1-12,19-20H2. The number of hydrogen-bond acceptors (Lipinski definition) is 11. The molecule has 9 nitrogen and oxygen atoms in total. The van der Waals surface area contributed by atoms with Gasteiger partial charge in [0.25, 0.3) is 0 Å². The SMILES string of the molecule is N#Cc1cc2c(cc1C#N)OCCSCc1cc3c(cc1CSCCO2)OCCOCCOCCOCCO3. The summed E-state index contributed by atoms with van der Waals surface area (Å²) < 4.78 is 40.8. The summed E-state index contributed by atoms with van der Waals surface area (Å²) in [6, 6.07) is 11.4. The molecule has 0 aliphatic carbocycles. The fourth-order valence-corrected chi connectivity index (χ4v) is 5.53. The van der Waals surface area contributed by atoms with E-state index in [2.05, 4.69) is 24.3 Å². The van der Waals surface area contributed by atoms with Gasteiger partial charge in [-0.3, -0.25) is 0 Å². The van der Waals surface area contributed by atoms with Crippen LogP contribution in [0.5, 0.6) is 23.0 Å². The Kier molecular flexibility index (Phi) is 12.2. The third kappa shape index (κ3) is 9.13. The van der Waals surface area contributed by atoms with Crippen molar-refractivity contribution in [1.29, 1.82) is 10.5 Å². The number of nitriles is 2. The average Bonchev–Trinajstić information content (AvgIpc) is 2.96. The number of nitrogens with zero attached hydrogens (tertiary/aromatic N) is 2. The van der Waals surface area contributed by atoms with Crippen LogP contribution in [0.15, 0.2) is 24.3 Å². The molecule has 2 aliphatic heterocycles. The predicted octanol–water partition coefficient (Wildman–Crippen LogP) is 4.19. The summed E-state index contributed by atoms with van der Waals surface area (Å²) in [5, 5.41) is 18.8. The molecule has 0 N–H and O–H groups in total. The highest BCUT2D eigenvalue weighted by molar-refractivity contribution is 7.98. The molecular formula is C28H32N2O7S2. The molecule has 4 rings (SSSR count). The Bertz CT molecular complexity index is 1080. The Labute approximate surface area is 237 Å². The van der Waals surface area contributed by atoms with Gasteiger partial charge in [-0.25, -0.2) is 0 Å². The van der Waals surface area contributed by atoms with E-state index >= 15 is 0 Å². The molecule has 0 aromatic heterocycles. The number of benzene rings is 2. The first kappa shape index (κ1) is 29.2. The topological polar surface area (TPSA) is 112 Å². The first-order chi connectivity index (χ1) is 19.3. The largest absolute Gasteiger partial charge is 0.489 e. The van der Waals surface area contributed by atoms with Crippen LogP contribution in [0, 0.1) is 22.7 Å². The summed E-state index contributed by atoms with van der Waals surface area (Å²) in [4.78, 5) is 0. The van der Waals surface area contributed by atoms with Gasteiger partial charge in [-0.1, -0.05) is 0 Å². The molecule has 11 heteroatoms. The summed E-state index contributed by atoms with van der Waals surface area (Å²) in [6.07, 6.45) is 0. The third-order valence-electron chi connectivity index (χ3n) is 5.79. The zero-order chi connectivity index (χ0) is 27.1. The van der Waals surface area contributed by atoms with Gasteiger partial charge in [-0.2, -0.15) is 34.0 Å². The van der Waals surface area contributed by atoms with E-state index < -0.39 is 0 Å². The van der Waals surface area contributed by atoms with Crippen LogP contribution < -0.4 is 18.9 Å². The first-order valence-electron chi connectivity index (χ1n) is 12.8. The number of ether oxygens (including phenoxy) is 7. The van der Waals surface area contributed by atoms with Gasteiger partial charge in [-0.05, 0) is 23.3 Å². The van der Waals surface area contributed by atoms with Crippen LogP contribution in [0.4, 0.5) is 0 Å². The zero-order valence-electron chi connectivity index (χ0n) is 21.8. The summed E-state index contributed by atoms with van der Waals surface area (Å²) >= 11 is 3.50. The van der Waals surface area contributed by atoms with Crippen LogP contribution in [0.1, 0.15) is 22.3 Å². The van der Waals surface area contributed by atoms with Gasteiger partial charge in [0, 0.05) is 35.1 Å². The lowest BCUT2D eigenvalue weighted by Crippen LogP contribution is -2.13. The van der Waals surface area contributed by atoms with Crippen molar-refractivity contribution in [3.8, 4) is 35.1 Å². The molecule has 0 bridgehead atoms. The Morgan fingerprint density at radius 2 is 0.846 bits per heavy atom. The molecule has 0 unspecified atom stereocenters. The second-order valence-corrected chi connectivity index (χ2v) is 10.7. The van der Waals surface area contributed by atoms with E-state index in [9.17, 15) is 10.5 Å². The fraction of sp³-hybridized carbons (Fsp3) is 0.500. The number of fused-ring (bicyclic) bond motifs is 3. The van der Waals surface area contributed by atoms with Crippen molar-refractivity contribution in [2.75, 3.05) is 77.6 Å². The molecule has 0 saturated carbocycles. The highest BCUT2D eigenvalue weighted by Gasteiger charge is 2.16. The molecule has 39 heavy (non-hydrogen) atoms. The van der Waals surface area contributed by atoms with Gasteiger partial charge in [0.2, 0.25) is 0 Å². The average molecular weight is 573 g/mol. The van der Waals surface area contributed by atoms with Crippen LogP contribution in [0.2, 0.25) is 0 Å². The molecule has 2 heterocycles. The van der Waals surface area contributed by atoms with Gasteiger partial charge in [0.15, 0.2) is 23.0 Å². The lowest BCUT2D eigenvalue weighted by Gasteiger charge is -2.19. The second-order valence-electron chi connectivity index (χ2n) is 8.47. The molecule has 2 aliphatic rings. The number of rotatable bonds is 0. The molecule has 2 aromatic rings. The van der Waals surface area contributed by atoms with E-state index in [-0.39, 0.29) is 11.1 Å². The van der Waals surface area contributed by atoms with E-state index in [4.69, 9.17) is 33.2 Å². The van der Waals surface area contributed by atoms with E-state index in [1.807, 2.05) is 0 Å². The van der Waals surface area contributed by atoms with Crippen LogP contribution in [0.3, 0.4) is 0 Å². The molecule has 208 valence electrons. The van der Waals surface area contributed by atoms with Gasteiger partial charge >= 0.3 is 0 Å². The first-order valence-corrected chi connectivity index (χ1v) is 15.1. The fourth-order valence-electron chi connectivity index (χ4n) is 3.86. The maximum atomic E-state index is 9.39. The summed E-state index contributed by atoms with van der Waals surface area (Å²) in [5.41, 5.74) is 2.92. The maximum absolute atomic E-state index is 9.39. The molecule has 0 radical (unpaired) electrons. The van der Waals surface area contributed by atoms with Crippen LogP contribution in [-0.4, -0.2) is 77.6 Å². The Hall–Kier alpha value is -2.80. The summed E-state index contributed by atoms with van der Waals surface area (Å²) in [6.45, 7) is 4.70. The molecule has 0 spiro atoms. The normalized spacial score (nSPS) is 18.1. The third-order valence-corrected chi connectivity index (χ3v) is 7.73. The van der Waals surface area contributed by atoms with Gasteiger partial charge in [0.05, 0.1) is 64.0 Å². The quantitative estimate of drug-likeness (QED) is 0.453. The molecule has 0 fully saturated rings. The van der Waals surface area contributed by atoms with E-state index in [0.717, 1.165) is 23.0 Å². The van der Waals surface area contributed by atoms with Crippen molar-refractivity contribution in [2.24, 2.45) is 0 Å². The molecule has 0 amide bonds. The maximum Gasteiger partial charge on any atom is 0.162 e. The number of thioether (sulfide) groups is 2. The Morgan fingerprint density at radius 3 is 1.26 bits per heavy atom. The van der Waals surface area contributed by atoms with Crippen LogP contribution >= 0.6 is 23.5 Å². The Morgan fingerprint density at radius 1 is 0.487 bits per heavy atom. The van der Waals surface area contributed by atoms with Crippen LogP contribution in [-0.2, 0) is 25.7 Å². The van der Waals surface area contributed by atoms with Crippen molar-refractivity contribution in [3.05, 3.63) is 46.5 Å². The highest BCUT2D eigenvalue weighted by atomic mass is 32.2. The minimum Gasteiger partial charge on any atom is -0.489 e. The van der Waals surface area contributed by atoms with E-state index in [1.54, 1.807) is 35.7 Å². The minimum absolute atomic E-state index is 0.278. The number of hydrogen-bond donors (Lipinski definition) is 0. The van der Waals surface area contributed by atoms with Crippen molar-refractivity contribution >= 4 is 23.5 Å². The van der Waals surface area contributed by atoms with E-state index in [0.29, 0.717) is 89.1 Å². The van der Waals surface area contributed by atoms with Crippen LogP contribution in [0.25, 0.3) is 0 Å². The lowest BCUT2D eigenvalue weighted by atomic mass is 10.1. The second kappa shape index (κ2) is 16.3. The van der Waals surface area contributed by atoms with Gasteiger partial charge in [-0.15, -0.1) is 0 Å². The lowest BCUT2D eigenvalue weighted by molar-refractivity contribution is 0.00708. The van der Waals surface area contributed by atoms with Crippen molar-refractivity contribution in [3.63, 3.8) is 0 Å². The summed E-state index contributed by atoms with van der Waals surface area (Å²) in [5.74, 6) is 5.39. The zero-order valence-corrected chi connectivity index (χ0v) is 23.4. The summed E-state index contributed by atoms with van der Waals surface area (Å²) in [7, 11) is 0. The van der Waals surface area contributed by atoms with Crippen molar-refractivity contribution in [2.45, 2.75) is 11.5 Å². The van der Waals surface area contributed by atoms with Crippen molar-refractivity contribution < 1.29 is 33.2 Å². The van der Waals surface area contributed by atoms with E-state index in [1.165, 1.54) is 11.1 Å². The smallest absolute Gasteiger partial charge is 0.162 e. The van der Waals surface area contributed by atoms with Crippen molar-refractivity contribution in [1.82, 2.24) is 0 Å². The highest BCUT2D eigenvalue weighted by Crippen LogP contribution is 2.36. The van der Waals surface area contributed by atoms with Gasteiger partial charge in [0.1, 0.15) is 25.4 Å². The molecule has 2 aromatic carbocycles. The monoisotopic (exact) mass is 572 g/mol. The minimum atomic E-state index is 0.278. The Balaban J connectivity index is 1.48. The predicted molar refractivity (Wildman–Crippen MR) is 149 cm³/mol.